The first-order valence-electron chi connectivity index (χ1n) is 10.0. The van der Waals surface area contributed by atoms with Crippen LogP contribution in [0.5, 0.6) is 0 Å². The Morgan fingerprint density at radius 1 is 1.04 bits per heavy atom. The SMILES string of the molecule is CON(CCCCCCCCCCCBr)C(=O)C(C#N)c1ccc(C)cc1. The number of hydrogen-bond donors (Lipinski definition) is 0. The molecule has 4 nitrogen and oxygen atoms in total. The molecule has 0 radical (unpaired) electrons. The van der Waals surface area contributed by atoms with Crippen molar-refractivity contribution in [2.45, 2.75) is 70.6 Å². The van der Waals surface area contributed by atoms with E-state index in [4.69, 9.17) is 4.84 Å². The summed E-state index contributed by atoms with van der Waals surface area (Å²) in [5.41, 5.74) is 1.82. The fourth-order valence-corrected chi connectivity index (χ4v) is 3.45. The van der Waals surface area contributed by atoms with Gasteiger partial charge in [-0.1, -0.05) is 90.7 Å². The predicted molar refractivity (Wildman–Crippen MR) is 114 cm³/mol. The Bertz CT molecular complexity index is 569. The number of benzene rings is 1. The number of unbranched alkanes of at least 4 members (excludes halogenated alkanes) is 8. The van der Waals surface area contributed by atoms with E-state index >= 15 is 0 Å². The zero-order valence-corrected chi connectivity index (χ0v) is 18.3. The first-order chi connectivity index (χ1) is 13.1. The van der Waals surface area contributed by atoms with Crippen LogP contribution in [0.2, 0.25) is 0 Å². The molecule has 5 heteroatoms. The summed E-state index contributed by atoms with van der Waals surface area (Å²) in [5.74, 6) is -1.10. The molecule has 0 heterocycles. The average molecular weight is 437 g/mol. The first kappa shape index (κ1) is 23.7. The number of aryl methyl sites for hydroxylation is 1. The number of carbonyl (C=O) groups is 1. The molecule has 0 aliphatic carbocycles. The van der Waals surface area contributed by atoms with Crippen molar-refractivity contribution in [1.29, 1.82) is 5.26 Å². The summed E-state index contributed by atoms with van der Waals surface area (Å²) in [6, 6.07) is 9.64. The van der Waals surface area contributed by atoms with Crippen molar-refractivity contribution in [3.05, 3.63) is 35.4 Å². The number of halogens is 1. The van der Waals surface area contributed by atoms with Crippen LogP contribution in [0.4, 0.5) is 0 Å². The second-order valence-electron chi connectivity index (χ2n) is 6.97. The van der Waals surface area contributed by atoms with Crippen LogP contribution in [0.25, 0.3) is 0 Å². The van der Waals surface area contributed by atoms with Gasteiger partial charge in [0.15, 0.2) is 5.92 Å². The van der Waals surface area contributed by atoms with E-state index in [0.717, 1.165) is 29.3 Å². The van der Waals surface area contributed by atoms with Gasteiger partial charge in [-0.15, -0.1) is 0 Å². The maximum atomic E-state index is 12.7. The van der Waals surface area contributed by atoms with Gasteiger partial charge in [-0.3, -0.25) is 9.63 Å². The number of hydroxylamine groups is 2. The van der Waals surface area contributed by atoms with Gasteiger partial charge < -0.3 is 0 Å². The summed E-state index contributed by atoms with van der Waals surface area (Å²) >= 11 is 3.46. The molecule has 27 heavy (non-hydrogen) atoms. The molecule has 0 saturated carbocycles. The third-order valence-electron chi connectivity index (χ3n) is 4.75. The summed E-state index contributed by atoms with van der Waals surface area (Å²) in [6.07, 6.45) is 10.9. The van der Waals surface area contributed by atoms with Crippen LogP contribution in [-0.4, -0.2) is 30.0 Å². The second kappa shape index (κ2) is 14.6. The highest BCUT2D eigenvalue weighted by atomic mass is 79.9. The minimum absolute atomic E-state index is 0.282. The summed E-state index contributed by atoms with van der Waals surface area (Å²) in [6.45, 7) is 2.52. The van der Waals surface area contributed by atoms with Crippen LogP contribution in [0.1, 0.15) is 74.8 Å². The lowest BCUT2D eigenvalue weighted by molar-refractivity contribution is -0.176. The van der Waals surface area contributed by atoms with Crippen molar-refractivity contribution in [2.24, 2.45) is 0 Å². The molecular weight excluding hydrogens is 404 g/mol. The van der Waals surface area contributed by atoms with E-state index in [1.807, 2.05) is 31.2 Å². The molecule has 150 valence electrons. The topological polar surface area (TPSA) is 53.3 Å². The Balaban J connectivity index is 2.30. The largest absolute Gasteiger partial charge is 0.274 e. The number of nitrogens with zero attached hydrogens (tertiary/aromatic N) is 2. The van der Waals surface area contributed by atoms with Crippen LogP contribution in [0, 0.1) is 18.3 Å². The van der Waals surface area contributed by atoms with Crippen molar-refractivity contribution in [3.8, 4) is 6.07 Å². The molecule has 1 amide bonds. The van der Waals surface area contributed by atoms with E-state index < -0.39 is 5.92 Å². The van der Waals surface area contributed by atoms with Gasteiger partial charge in [-0.25, -0.2) is 5.06 Å². The smallest absolute Gasteiger partial charge is 0.267 e. The number of alkyl halides is 1. The van der Waals surface area contributed by atoms with Crippen molar-refractivity contribution in [1.82, 2.24) is 5.06 Å². The molecule has 0 aromatic heterocycles. The summed E-state index contributed by atoms with van der Waals surface area (Å²) in [5, 5.41) is 11.9. The van der Waals surface area contributed by atoms with Crippen molar-refractivity contribution >= 4 is 21.8 Å². The van der Waals surface area contributed by atoms with Gasteiger partial charge >= 0.3 is 0 Å². The Morgan fingerprint density at radius 3 is 2.04 bits per heavy atom. The molecule has 1 unspecified atom stereocenters. The Labute approximate surface area is 173 Å². The highest BCUT2D eigenvalue weighted by molar-refractivity contribution is 9.09. The summed E-state index contributed by atoms with van der Waals surface area (Å²) in [4.78, 5) is 17.9. The highest BCUT2D eigenvalue weighted by Crippen LogP contribution is 2.19. The van der Waals surface area contributed by atoms with E-state index in [1.165, 1.54) is 57.1 Å². The van der Waals surface area contributed by atoms with Crippen molar-refractivity contribution in [2.75, 3.05) is 19.0 Å². The molecule has 1 atom stereocenters. The molecule has 0 aliphatic heterocycles. The van der Waals surface area contributed by atoms with Gasteiger partial charge in [0.1, 0.15) is 0 Å². The third-order valence-corrected chi connectivity index (χ3v) is 5.31. The van der Waals surface area contributed by atoms with Gasteiger partial charge in [0.05, 0.1) is 13.2 Å². The molecule has 0 fully saturated rings. The van der Waals surface area contributed by atoms with Crippen molar-refractivity contribution < 1.29 is 9.63 Å². The zero-order chi connectivity index (χ0) is 19.9. The maximum absolute atomic E-state index is 12.7. The Morgan fingerprint density at radius 2 is 1.56 bits per heavy atom. The van der Waals surface area contributed by atoms with Crippen LogP contribution < -0.4 is 0 Å². The van der Waals surface area contributed by atoms with E-state index in [0.29, 0.717) is 6.54 Å². The molecule has 1 rings (SSSR count). The minimum atomic E-state index is -0.815. The predicted octanol–water partition coefficient (Wildman–Crippen LogP) is 5.90. The zero-order valence-electron chi connectivity index (χ0n) is 16.8. The van der Waals surface area contributed by atoms with E-state index in [9.17, 15) is 10.1 Å². The Hall–Kier alpha value is -1.38. The second-order valence-corrected chi connectivity index (χ2v) is 7.76. The molecule has 1 aromatic rings. The number of hydrogen-bond acceptors (Lipinski definition) is 3. The van der Waals surface area contributed by atoms with E-state index in [2.05, 4.69) is 22.0 Å². The molecular formula is C22H33BrN2O2. The molecule has 0 aliphatic rings. The van der Waals surface area contributed by atoms with Gasteiger partial charge in [0, 0.05) is 11.9 Å². The Kier molecular flexibility index (Phi) is 12.8. The van der Waals surface area contributed by atoms with Crippen LogP contribution >= 0.6 is 15.9 Å². The third kappa shape index (κ3) is 9.39. The minimum Gasteiger partial charge on any atom is -0.274 e. The molecule has 0 saturated heterocycles. The van der Waals surface area contributed by atoms with E-state index in [-0.39, 0.29) is 5.91 Å². The van der Waals surface area contributed by atoms with Crippen LogP contribution in [0.3, 0.4) is 0 Å². The molecule has 0 spiro atoms. The number of rotatable bonds is 14. The normalized spacial score (nSPS) is 11.8. The van der Waals surface area contributed by atoms with Crippen LogP contribution in [0.15, 0.2) is 24.3 Å². The average Bonchev–Trinajstić information content (AvgIpc) is 2.68. The quantitative estimate of drug-likeness (QED) is 0.207. The molecule has 0 bridgehead atoms. The van der Waals surface area contributed by atoms with Gasteiger partial charge in [0.25, 0.3) is 5.91 Å². The van der Waals surface area contributed by atoms with Gasteiger partial charge in [0.2, 0.25) is 0 Å². The highest BCUT2D eigenvalue weighted by Gasteiger charge is 2.25. The number of nitriles is 1. The maximum Gasteiger partial charge on any atom is 0.267 e. The number of carbonyl (C=O) groups excluding carboxylic acids is 1. The summed E-state index contributed by atoms with van der Waals surface area (Å²) < 4.78 is 0. The molecule has 1 aromatic carbocycles. The lowest BCUT2D eigenvalue weighted by atomic mass is 9.98. The summed E-state index contributed by atoms with van der Waals surface area (Å²) in [7, 11) is 1.49. The van der Waals surface area contributed by atoms with Gasteiger partial charge in [-0.2, -0.15) is 5.26 Å². The van der Waals surface area contributed by atoms with Gasteiger partial charge in [-0.05, 0) is 25.3 Å². The first-order valence-corrected chi connectivity index (χ1v) is 11.1. The van der Waals surface area contributed by atoms with Crippen molar-refractivity contribution in [3.63, 3.8) is 0 Å². The van der Waals surface area contributed by atoms with E-state index in [1.54, 1.807) is 0 Å². The lowest BCUT2D eigenvalue weighted by Crippen LogP contribution is -2.34. The standard InChI is InChI=1S/C22H33BrN2O2/c1-19-12-14-20(15-13-19)21(18-24)22(26)25(27-2)17-11-9-7-5-3-4-6-8-10-16-23/h12-15,21H,3-11,16-17H2,1-2H3. The monoisotopic (exact) mass is 436 g/mol. The fraction of sp³-hybridized carbons (Fsp3) is 0.636. The van der Waals surface area contributed by atoms with Crippen LogP contribution in [-0.2, 0) is 9.63 Å². The lowest BCUT2D eigenvalue weighted by Gasteiger charge is -2.22. The fourth-order valence-electron chi connectivity index (χ4n) is 3.05. The molecule has 0 N–H and O–H groups in total. The number of amides is 1.